The Morgan fingerprint density at radius 1 is 1.17 bits per heavy atom. The van der Waals surface area contributed by atoms with Crippen LogP contribution in [0.3, 0.4) is 0 Å². The largest absolute Gasteiger partial charge is 0.460 e. The fourth-order valence-electron chi connectivity index (χ4n) is 3.23. The smallest absolute Gasteiger partial charge is 0.419 e. The Bertz CT molecular complexity index is 965. The zero-order valence-corrected chi connectivity index (χ0v) is 16.3. The summed E-state index contributed by atoms with van der Waals surface area (Å²) in [6.45, 7) is -0.0666. The monoisotopic (exact) mass is 444 g/mol. The molecule has 0 aromatic heterocycles. The molecular formula is C20H17F5N2O2S. The van der Waals surface area contributed by atoms with Crippen LogP contribution < -0.4 is 10.6 Å². The first-order chi connectivity index (χ1) is 14.2. The number of hydrogen-bond acceptors (Lipinski definition) is 3. The van der Waals surface area contributed by atoms with E-state index in [2.05, 4.69) is 10.6 Å². The van der Waals surface area contributed by atoms with Crippen LogP contribution in [0.5, 0.6) is 0 Å². The van der Waals surface area contributed by atoms with Gasteiger partial charge in [-0.1, -0.05) is 12.1 Å². The van der Waals surface area contributed by atoms with Crippen molar-refractivity contribution < 1.29 is 31.5 Å². The Hall–Kier alpha value is -2.75. The molecule has 0 fully saturated rings. The number of alkyl halides is 3. The van der Waals surface area contributed by atoms with Gasteiger partial charge in [-0.25, -0.2) is 13.6 Å². The van der Waals surface area contributed by atoms with E-state index < -0.39 is 29.1 Å². The summed E-state index contributed by atoms with van der Waals surface area (Å²) in [5.74, 6) is -2.73. The van der Waals surface area contributed by atoms with Crippen LogP contribution in [0.15, 0.2) is 36.4 Å². The molecule has 0 amide bonds. The molecule has 1 aliphatic rings. The second kappa shape index (κ2) is 8.95. The molecule has 3 rings (SSSR count). The summed E-state index contributed by atoms with van der Waals surface area (Å²) in [5.41, 5.74) is -0.450. The molecule has 10 heteroatoms. The molecule has 160 valence electrons. The molecule has 1 unspecified atom stereocenters. The first-order valence-corrected chi connectivity index (χ1v) is 9.43. The molecule has 1 aliphatic carbocycles. The number of benzene rings is 2. The van der Waals surface area contributed by atoms with Gasteiger partial charge in [0.05, 0.1) is 23.7 Å². The van der Waals surface area contributed by atoms with Crippen molar-refractivity contribution in [1.29, 1.82) is 0 Å². The lowest BCUT2D eigenvalue weighted by Gasteiger charge is -2.17. The standard InChI is InChI=1S/C20H17F5N2O2S/c21-15-3-1-2-13-12(15)5-7-17(13)27-19(30)26-8-9-29-18(28)11-4-6-16(22)14(10-11)20(23,24)25/h1-4,6,10,17H,5,7-9H2,(H2,26,27,30). The fourth-order valence-corrected chi connectivity index (χ4v) is 3.47. The van der Waals surface area contributed by atoms with Gasteiger partial charge in [0.15, 0.2) is 5.11 Å². The van der Waals surface area contributed by atoms with Gasteiger partial charge in [0, 0.05) is 0 Å². The highest BCUT2D eigenvalue weighted by Crippen LogP contribution is 2.33. The van der Waals surface area contributed by atoms with Crippen LogP contribution in [0.1, 0.15) is 39.5 Å². The lowest BCUT2D eigenvalue weighted by molar-refractivity contribution is -0.140. The van der Waals surface area contributed by atoms with Crippen LogP contribution in [-0.2, 0) is 17.3 Å². The highest BCUT2D eigenvalue weighted by Gasteiger charge is 2.34. The number of halogens is 5. The molecule has 30 heavy (non-hydrogen) atoms. The summed E-state index contributed by atoms with van der Waals surface area (Å²) in [4.78, 5) is 11.9. The molecule has 0 saturated carbocycles. The number of thiocarbonyl (C=S) groups is 1. The molecule has 0 bridgehead atoms. The van der Waals surface area contributed by atoms with Crippen molar-refractivity contribution in [2.45, 2.75) is 25.1 Å². The number of carbonyl (C=O) groups excluding carboxylic acids is 1. The molecule has 0 saturated heterocycles. The lowest BCUT2D eigenvalue weighted by atomic mass is 10.1. The van der Waals surface area contributed by atoms with E-state index in [-0.39, 0.29) is 30.1 Å². The van der Waals surface area contributed by atoms with E-state index >= 15 is 0 Å². The van der Waals surface area contributed by atoms with Crippen LogP contribution in [-0.4, -0.2) is 24.2 Å². The van der Waals surface area contributed by atoms with Crippen molar-refractivity contribution in [2.24, 2.45) is 0 Å². The van der Waals surface area contributed by atoms with Gasteiger partial charge in [0.2, 0.25) is 0 Å². The number of fused-ring (bicyclic) bond motifs is 1. The molecule has 0 radical (unpaired) electrons. The van der Waals surface area contributed by atoms with E-state index in [1.807, 2.05) is 6.07 Å². The second-order valence-electron chi connectivity index (χ2n) is 6.63. The van der Waals surface area contributed by atoms with Gasteiger partial charge in [-0.15, -0.1) is 0 Å². The molecule has 1 atom stereocenters. The Kier molecular flexibility index (Phi) is 6.55. The molecule has 2 N–H and O–H groups in total. The predicted octanol–water partition coefficient (Wildman–Crippen LogP) is 4.29. The van der Waals surface area contributed by atoms with Crippen molar-refractivity contribution in [2.75, 3.05) is 13.2 Å². The summed E-state index contributed by atoms with van der Waals surface area (Å²) in [5, 5.41) is 6.15. The van der Waals surface area contributed by atoms with Crippen molar-refractivity contribution in [3.8, 4) is 0 Å². The van der Waals surface area contributed by atoms with Crippen molar-refractivity contribution in [3.05, 3.63) is 70.3 Å². The van der Waals surface area contributed by atoms with E-state index in [4.69, 9.17) is 17.0 Å². The first kappa shape index (κ1) is 21.9. The number of esters is 1. The summed E-state index contributed by atoms with van der Waals surface area (Å²) >= 11 is 5.17. The Balaban J connectivity index is 1.46. The minimum absolute atomic E-state index is 0.105. The Morgan fingerprint density at radius 2 is 1.93 bits per heavy atom. The first-order valence-electron chi connectivity index (χ1n) is 9.02. The van der Waals surface area contributed by atoms with Crippen LogP contribution in [0, 0.1) is 11.6 Å². The zero-order chi connectivity index (χ0) is 21.9. The van der Waals surface area contributed by atoms with E-state index in [1.54, 1.807) is 6.07 Å². The number of carbonyl (C=O) groups is 1. The van der Waals surface area contributed by atoms with Gasteiger partial charge in [0.25, 0.3) is 0 Å². The van der Waals surface area contributed by atoms with Crippen LogP contribution >= 0.6 is 12.2 Å². The van der Waals surface area contributed by atoms with Gasteiger partial charge < -0.3 is 15.4 Å². The van der Waals surface area contributed by atoms with Gasteiger partial charge in [0.1, 0.15) is 18.2 Å². The van der Waals surface area contributed by atoms with Gasteiger partial charge >= 0.3 is 12.1 Å². The highest BCUT2D eigenvalue weighted by atomic mass is 32.1. The van der Waals surface area contributed by atoms with Gasteiger partial charge in [-0.05, 0) is 60.5 Å². The fraction of sp³-hybridized carbons (Fsp3) is 0.300. The maximum atomic E-state index is 13.8. The normalized spacial score (nSPS) is 15.4. The maximum absolute atomic E-state index is 13.8. The summed E-state index contributed by atoms with van der Waals surface area (Å²) in [6, 6.07) is 6.62. The molecule has 2 aromatic carbocycles. The van der Waals surface area contributed by atoms with E-state index in [0.717, 1.165) is 11.6 Å². The minimum atomic E-state index is -4.92. The van der Waals surface area contributed by atoms with Crippen molar-refractivity contribution >= 4 is 23.3 Å². The zero-order valence-electron chi connectivity index (χ0n) is 15.5. The average molecular weight is 444 g/mol. The average Bonchev–Trinajstić information content (AvgIpc) is 3.08. The molecular weight excluding hydrogens is 427 g/mol. The minimum Gasteiger partial charge on any atom is -0.460 e. The topological polar surface area (TPSA) is 50.4 Å². The SMILES string of the molecule is O=C(OCCNC(=S)NC1CCc2c(F)cccc21)c1ccc(F)c(C(F)(F)F)c1. The Labute approximate surface area is 174 Å². The molecule has 0 aliphatic heterocycles. The van der Waals surface area contributed by atoms with Crippen molar-refractivity contribution in [3.63, 3.8) is 0 Å². The summed E-state index contributed by atoms with van der Waals surface area (Å²) < 4.78 is 70.1. The number of rotatable bonds is 5. The van der Waals surface area contributed by atoms with Gasteiger partial charge in [-0.3, -0.25) is 0 Å². The van der Waals surface area contributed by atoms with Crippen molar-refractivity contribution in [1.82, 2.24) is 10.6 Å². The predicted molar refractivity (Wildman–Crippen MR) is 103 cm³/mol. The summed E-state index contributed by atoms with van der Waals surface area (Å²) in [6.07, 6.45) is -3.64. The highest BCUT2D eigenvalue weighted by molar-refractivity contribution is 7.80. The van der Waals surface area contributed by atoms with Gasteiger partial charge in [-0.2, -0.15) is 13.2 Å². The number of hydrogen-bond donors (Lipinski definition) is 2. The second-order valence-corrected chi connectivity index (χ2v) is 7.04. The third-order valence-electron chi connectivity index (χ3n) is 4.65. The van der Waals surface area contributed by atoms with Crippen LogP contribution in [0.4, 0.5) is 22.0 Å². The third kappa shape index (κ3) is 5.05. The lowest BCUT2D eigenvalue weighted by Crippen LogP contribution is -2.38. The number of ether oxygens (including phenoxy) is 1. The van der Waals surface area contributed by atoms with Crippen LogP contribution in [0.2, 0.25) is 0 Å². The third-order valence-corrected chi connectivity index (χ3v) is 4.91. The van der Waals surface area contributed by atoms with E-state index in [9.17, 15) is 26.7 Å². The van der Waals surface area contributed by atoms with E-state index in [1.165, 1.54) is 6.07 Å². The summed E-state index contributed by atoms with van der Waals surface area (Å²) in [7, 11) is 0. The maximum Gasteiger partial charge on any atom is 0.419 e. The Morgan fingerprint density at radius 3 is 2.67 bits per heavy atom. The molecule has 2 aromatic rings. The number of nitrogens with one attached hydrogen (secondary N) is 2. The van der Waals surface area contributed by atoms with E-state index in [0.29, 0.717) is 30.5 Å². The molecule has 0 spiro atoms. The quantitative estimate of drug-likeness (QED) is 0.312. The van der Waals surface area contributed by atoms with Crippen LogP contribution in [0.25, 0.3) is 0 Å². The molecule has 0 heterocycles. The molecule has 4 nitrogen and oxygen atoms in total.